The van der Waals surface area contributed by atoms with Gasteiger partial charge in [0.2, 0.25) is 5.91 Å². The molecule has 1 fully saturated rings. The molecule has 0 unspecified atom stereocenters. The third-order valence-electron chi connectivity index (χ3n) is 3.39. The Labute approximate surface area is 118 Å². The van der Waals surface area contributed by atoms with Gasteiger partial charge in [-0.3, -0.25) is 4.79 Å². The summed E-state index contributed by atoms with van der Waals surface area (Å²) in [6, 6.07) is 7.05. The number of rotatable bonds is 5. The zero-order valence-electron chi connectivity index (χ0n) is 11.0. The molecule has 0 heterocycles. The second-order valence-corrected chi connectivity index (χ2v) is 6.07. The van der Waals surface area contributed by atoms with Crippen molar-refractivity contribution < 1.29 is 9.18 Å². The van der Waals surface area contributed by atoms with E-state index in [9.17, 15) is 9.18 Å². The highest BCUT2D eigenvalue weighted by molar-refractivity contribution is 7.99. The minimum Gasteiger partial charge on any atom is -0.353 e. The van der Waals surface area contributed by atoms with Crippen molar-refractivity contribution in [3.05, 3.63) is 30.1 Å². The molecule has 0 saturated heterocycles. The van der Waals surface area contributed by atoms with Crippen molar-refractivity contribution in [3.63, 3.8) is 0 Å². The van der Waals surface area contributed by atoms with E-state index < -0.39 is 0 Å². The van der Waals surface area contributed by atoms with Crippen LogP contribution >= 0.6 is 11.8 Å². The lowest BCUT2D eigenvalue weighted by Gasteiger charge is -2.22. The molecule has 1 aliphatic rings. The van der Waals surface area contributed by atoms with Gasteiger partial charge >= 0.3 is 0 Å². The van der Waals surface area contributed by atoms with Gasteiger partial charge in [0.05, 0.1) is 0 Å². The number of hydrogen-bond donors (Lipinski definition) is 1. The number of carbonyl (C=O) groups is 1. The highest BCUT2D eigenvalue weighted by Gasteiger charge is 2.15. The molecule has 0 spiro atoms. The van der Waals surface area contributed by atoms with E-state index in [0.717, 1.165) is 12.8 Å². The molecule has 2 nitrogen and oxygen atoms in total. The molecule has 1 amide bonds. The first-order chi connectivity index (χ1) is 9.25. The van der Waals surface area contributed by atoms with E-state index in [1.807, 2.05) is 6.07 Å². The average molecular weight is 281 g/mol. The largest absolute Gasteiger partial charge is 0.353 e. The molecule has 2 rings (SSSR count). The summed E-state index contributed by atoms with van der Waals surface area (Å²) in [6.45, 7) is 0. The van der Waals surface area contributed by atoms with E-state index in [1.165, 1.54) is 37.1 Å². The Morgan fingerprint density at radius 1 is 1.26 bits per heavy atom. The van der Waals surface area contributed by atoms with Gasteiger partial charge in [-0.1, -0.05) is 31.4 Å². The van der Waals surface area contributed by atoms with E-state index >= 15 is 0 Å². The lowest BCUT2D eigenvalue weighted by atomic mass is 9.95. The standard InChI is InChI=1S/C15H20FNOS/c16-13-8-4-5-9-14(13)19-11-10-15(18)17-12-6-2-1-3-7-12/h4-5,8-9,12H,1-3,6-7,10-11H2,(H,17,18). The number of halogens is 1. The molecule has 0 bridgehead atoms. The maximum atomic E-state index is 13.4. The first-order valence-corrected chi connectivity index (χ1v) is 7.91. The summed E-state index contributed by atoms with van der Waals surface area (Å²) < 4.78 is 13.4. The minimum atomic E-state index is -0.208. The van der Waals surface area contributed by atoms with E-state index in [-0.39, 0.29) is 11.7 Å². The smallest absolute Gasteiger partial charge is 0.221 e. The van der Waals surface area contributed by atoms with Crippen LogP contribution in [0.5, 0.6) is 0 Å². The lowest BCUT2D eigenvalue weighted by Crippen LogP contribution is -2.36. The van der Waals surface area contributed by atoms with E-state index in [1.54, 1.807) is 12.1 Å². The first-order valence-electron chi connectivity index (χ1n) is 6.92. The molecule has 0 atom stereocenters. The van der Waals surface area contributed by atoms with Gasteiger partial charge in [0, 0.05) is 23.1 Å². The predicted octanol–water partition coefficient (Wildman–Crippen LogP) is 3.76. The predicted molar refractivity (Wildman–Crippen MR) is 76.8 cm³/mol. The van der Waals surface area contributed by atoms with Crippen LogP contribution in [0.1, 0.15) is 38.5 Å². The molecule has 1 aromatic carbocycles. The van der Waals surface area contributed by atoms with Gasteiger partial charge in [0.25, 0.3) is 0 Å². The molecule has 1 aliphatic carbocycles. The van der Waals surface area contributed by atoms with Crippen molar-refractivity contribution in [3.8, 4) is 0 Å². The molecule has 0 aromatic heterocycles. The molecule has 1 N–H and O–H groups in total. The molecule has 0 aliphatic heterocycles. The Hall–Kier alpha value is -1.03. The zero-order valence-corrected chi connectivity index (χ0v) is 11.8. The van der Waals surface area contributed by atoms with Gasteiger partial charge in [-0.15, -0.1) is 11.8 Å². The summed E-state index contributed by atoms with van der Waals surface area (Å²) >= 11 is 1.40. The molecule has 1 aromatic rings. The van der Waals surface area contributed by atoms with Gasteiger partial charge in [0.1, 0.15) is 5.82 Å². The van der Waals surface area contributed by atoms with Crippen LogP contribution < -0.4 is 5.32 Å². The van der Waals surface area contributed by atoms with Crippen molar-refractivity contribution in [2.45, 2.75) is 49.5 Å². The summed E-state index contributed by atoms with van der Waals surface area (Å²) in [4.78, 5) is 12.4. The van der Waals surface area contributed by atoms with Crippen molar-refractivity contribution in [1.29, 1.82) is 0 Å². The Balaban J connectivity index is 1.67. The van der Waals surface area contributed by atoms with E-state index in [0.29, 0.717) is 23.1 Å². The number of benzene rings is 1. The van der Waals surface area contributed by atoms with Crippen LogP contribution in [-0.2, 0) is 4.79 Å². The van der Waals surface area contributed by atoms with Crippen LogP contribution in [0.3, 0.4) is 0 Å². The minimum absolute atomic E-state index is 0.0933. The third-order valence-corrected chi connectivity index (χ3v) is 4.44. The van der Waals surface area contributed by atoms with Crippen molar-refractivity contribution in [2.75, 3.05) is 5.75 Å². The maximum Gasteiger partial charge on any atom is 0.221 e. The quantitative estimate of drug-likeness (QED) is 0.833. The fraction of sp³-hybridized carbons (Fsp3) is 0.533. The maximum absolute atomic E-state index is 13.4. The lowest BCUT2D eigenvalue weighted by molar-refractivity contribution is -0.121. The van der Waals surface area contributed by atoms with Crippen LogP contribution in [0.25, 0.3) is 0 Å². The summed E-state index contributed by atoms with van der Waals surface area (Å²) in [5, 5.41) is 3.07. The monoisotopic (exact) mass is 281 g/mol. The number of carbonyl (C=O) groups excluding carboxylic acids is 1. The molecule has 104 valence electrons. The third kappa shape index (κ3) is 4.86. The summed E-state index contributed by atoms with van der Waals surface area (Å²) in [6.07, 6.45) is 6.38. The first kappa shape index (κ1) is 14.4. The van der Waals surface area contributed by atoms with Crippen molar-refractivity contribution >= 4 is 17.7 Å². The highest BCUT2D eigenvalue weighted by atomic mass is 32.2. The van der Waals surface area contributed by atoms with Crippen LogP contribution in [0.4, 0.5) is 4.39 Å². The highest BCUT2D eigenvalue weighted by Crippen LogP contribution is 2.22. The fourth-order valence-corrected chi connectivity index (χ4v) is 3.25. The van der Waals surface area contributed by atoms with Gasteiger partial charge in [-0.2, -0.15) is 0 Å². The molecule has 19 heavy (non-hydrogen) atoms. The second kappa shape index (κ2) is 7.53. The normalized spacial score (nSPS) is 16.3. The van der Waals surface area contributed by atoms with Gasteiger partial charge in [-0.05, 0) is 25.0 Å². The topological polar surface area (TPSA) is 29.1 Å². The summed E-state index contributed by atoms with van der Waals surface area (Å²) in [5.74, 6) is 0.510. The Morgan fingerprint density at radius 2 is 2.00 bits per heavy atom. The van der Waals surface area contributed by atoms with Crippen LogP contribution in [0.2, 0.25) is 0 Å². The average Bonchev–Trinajstić information content (AvgIpc) is 2.42. The summed E-state index contributed by atoms with van der Waals surface area (Å²) in [5.41, 5.74) is 0. The number of nitrogens with one attached hydrogen (secondary N) is 1. The molecule has 1 saturated carbocycles. The Bertz CT molecular complexity index is 418. The Morgan fingerprint density at radius 3 is 2.74 bits per heavy atom. The van der Waals surface area contributed by atoms with Gasteiger partial charge in [-0.25, -0.2) is 4.39 Å². The van der Waals surface area contributed by atoms with Crippen molar-refractivity contribution in [1.82, 2.24) is 5.32 Å². The molecule has 0 radical (unpaired) electrons. The zero-order chi connectivity index (χ0) is 13.5. The number of amides is 1. The van der Waals surface area contributed by atoms with Crippen molar-refractivity contribution in [2.24, 2.45) is 0 Å². The van der Waals surface area contributed by atoms with Crippen LogP contribution in [-0.4, -0.2) is 17.7 Å². The van der Waals surface area contributed by atoms with Gasteiger partial charge < -0.3 is 5.32 Å². The van der Waals surface area contributed by atoms with Crippen LogP contribution in [0.15, 0.2) is 29.2 Å². The Kier molecular flexibility index (Phi) is 5.70. The van der Waals surface area contributed by atoms with Crippen LogP contribution in [0, 0.1) is 5.82 Å². The fourth-order valence-electron chi connectivity index (χ4n) is 2.36. The van der Waals surface area contributed by atoms with Gasteiger partial charge in [0.15, 0.2) is 0 Å². The number of hydrogen-bond acceptors (Lipinski definition) is 2. The van der Waals surface area contributed by atoms with E-state index in [2.05, 4.69) is 5.32 Å². The molecular weight excluding hydrogens is 261 g/mol. The summed E-state index contributed by atoms with van der Waals surface area (Å²) in [7, 11) is 0. The SMILES string of the molecule is O=C(CCSc1ccccc1F)NC1CCCCC1. The van der Waals surface area contributed by atoms with E-state index in [4.69, 9.17) is 0 Å². The number of thioether (sulfide) groups is 1. The molecule has 4 heteroatoms. The second-order valence-electron chi connectivity index (χ2n) is 4.93. The molecular formula is C15H20FNOS.